The Morgan fingerprint density at radius 2 is 1.91 bits per heavy atom. The molecular formula is C24H21N7OS. The van der Waals surface area contributed by atoms with Gasteiger partial charge in [-0.2, -0.15) is 10.2 Å². The minimum absolute atomic E-state index is 0.703. The zero-order valence-corrected chi connectivity index (χ0v) is 18.9. The molecule has 0 unspecified atom stereocenters. The van der Waals surface area contributed by atoms with Crippen molar-refractivity contribution >= 4 is 22.7 Å². The fraction of sp³-hybridized carbons (Fsp3) is 0.0833. The molecule has 5 aromatic rings. The van der Waals surface area contributed by atoms with Crippen molar-refractivity contribution in [1.82, 2.24) is 24.3 Å². The minimum Gasteiger partial charge on any atom is -0.497 e. The normalized spacial score (nSPS) is 11.2. The van der Waals surface area contributed by atoms with Gasteiger partial charge in [0.05, 0.1) is 36.0 Å². The number of aryl methyl sites for hydroxylation is 1. The molecule has 9 heteroatoms. The molecule has 0 saturated heterocycles. The molecule has 5 rings (SSSR count). The van der Waals surface area contributed by atoms with E-state index < -0.39 is 0 Å². The van der Waals surface area contributed by atoms with E-state index in [0.29, 0.717) is 5.13 Å². The quantitative estimate of drug-likeness (QED) is 0.278. The smallest absolute Gasteiger partial charge is 0.203 e. The fourth-order valence-corrected chi connectivity index (χ4v) is 4.10. The summed E-state index contributed by atoms with van der Waals surface area (Å²) in [7, 11) is 1.65. The lowest BCUT2D eigenvalue weighted by Crippen LogP contribution is -2.06. The predicted molar refractivity (Wildman–Crippen MR) is 131 cm³/mol. The van der Waals surface area contributed by atoms with Crippen LogP contribution in [0.5, 0.6) is 5.75 Å². The van der Waals surface area contributed by atoms with Crippen LogP contribution < -0.4 is 10.2 Å². The molecule has 3 heterocycles. The largest absolute Gasteiger partial charge is 0.497 e. The maximum absolute atomic E-state index is 5.22. The molecule has 1 N–H and O–H groups in total. The van der Waals surface area contributed by atoms with Gasteiger partial charge in [-0.05, 0) is 43.3 Å². The summed E-state index contributed by atoms with van der Waals surface area (Å²) in [5.74, 6) is 1.68. The SMILES string of the molecule is COc1ccc(-c2csc(N/N=C/c3c(C)nn(-c4ccccc4)c3-n3ccnc3)n2)cc1. The molecule has 164 valence electrons. The molecule has 0 saturated carbocycles. The number of hydrazone groups is 1. The molecular weight excluding hydrogens is 434 g/mol. The Labute approximate surface area is 194 Å². The van der Waals surface area contributed by atoms with Crippen molar-refractivity contribution in [2.24, 2.45) is 5.10 Å². The van der Waals surface area contributed by atoms with Gasteiger partial charge >= 0.3 is 0 Å². The molecule has 0 aliphatic carbocycles. The Kier molecular flexibility index (Phi) is 5.69. The molecule has 0 fully saturated rings. The van der Waals surface area contributed by atoms with Gasteiger partial charge in [0.1, 0.15) is 12.1 Å². The molecule has 0 aliphatic heterocycles. The molecule has 0 aliphatic rings. The average molecular weight is 456 g/mol. The average Bonchev–Trinajstić information content (AvgIpc) is 3.61. The number of benzene rings is 2. The first-order chi connectivity index (χ1) is 16.2. The van der Waals surface area contributed by atoms with E-state index >= 15 is 0 Å². The number of nitrogens with zero attached hydrogens (tertiary/aromatic N) is 6. The number of aromatic nitrogens is 5. The van der Waals surface area contributed by atoms with Gasteiger partial charge < -0.3 is 4.74 Å². The number of ether oxygens (including phenoxy) is 1. The first-order valence-electron chi connectivity index (χ1n) is 10.3. The molecule has 2 aromatic carbocycles. The van der Waals surface area contributed by atoms with Gasteiger partial charge in [0.25, 0.3) is 0 Å². The molecule has 0 spiro atoms. The highest BCUT2D eigenvalue weighted by Crippen LogP contribution is 2.27. The van der Waals surface area contributed by atoms with Gasteiger partial charge in [-0.15, -0.1) is 11.3 Å². The van der Waals surface area contributed by atoms with Crippen LogP contribution in [0.15, 0.2) is 83.8 Å². The van der Waals surface area contributed by atoms with Crippen LogP contribution in [-0.2, 0) is 0 Å². The third-order valence-corrected chi connectivity index (χ3v) is 5.82. The van der Waals surface area contributed by atoms with E-state index in [1.807, 2.05) is 82.3 Å². The van der Waals surface area contributed by atoms with Gasteiger partial charge in [0, 0.05) is 23.3 Å². The maximum Gasteiger partial charge on any atom is 0.203 e. The number of thiazole rings is 1. The van der Waals surface area contributed by atoms with Crippen LogP contribution in [0.25, 0.3) is 22.8 Å². The third-order valence-electron chi connectivity index (χ3n) is 5.07. The summed E-state index contributed by atoms with van der Waals surface area (Å²) in [5.41, 5.74) is 7.64. The number of methoxy groups -OCH3 is 1. The molecule has 0 atom stereocenters. The van der Waals surface area contributed by atoms with E-state index in [9.17, 15) is 0 Å². The van der Waals surface area contributed by atoms with E-state index in [4.69, 9.17) is 9.84 Å². The minimum atomic E-state index is 0.703. The van der Waals surface area contributed by atoms with Gasteiger partial charge in [0.2, 0.25) is 5.13 Å². The van der Waals surface area contributed by atoms with Gasteiger partial charge in [-0.25, -0.2) is 14.6 Å². The highest BCUT2D eigenvalue weighted by atomic mass is 32.1. The van der Waals surface area contributed by atoms with Crippen LogP contribution in [0.3, 0.4) is 0 Å². The molecule has 0 amide bonds. The van der Waals surface area contributed by atoms with E-state index in [1.54, 1.807) is 25.8 Å². The van der Waals surface area contributed by atoms with Crippen molar-refractivity contribution in [3.63, 3.8) is 0 Å². The van der Waals surface area contributed by atoms with Gasteiger partial charge in [0.15, 0.2) is 5.82 Å². The van der Waals surface area contributed by atoms with Crippen molar-refractivity contribution in [3.8, 4) is 28.5 Å². The van der Waals surface area contributed by atoms with Crippen LogP contribution in [0.1, 0.15) is 11.3 Å². The molecule has 33 heavy (non-hydrogen) atoms. The highest BCUT2D eigenvalue weighted by molar-refractivity contribution is 7.14. The fourth-order valence-electron chi connectivity index (χ4n) is 3.43. The van der Waals surface area contributed by atoms with Crippen molar-refractivity contribution in [2.75, 3.05) is 12.5 Å². The molecule has 8 nitrogen and oxygen atoms in total. The second-order valence-corrected chi connectivity index (χ2v) is 8.03. The third kappa shape index (κ3) is 4.26. The summed E-state index contributed by atoms with van der Waals surface area (Å²) in [6.45, 7) is 1.96. The summed E-state index contributed by atoms with van der Waals surface area (Å²) < 4.78 is 9.04. The maximum atomic E-state index is 5.22. The first-order valence-corrected chi connectivity index (χ1v) is 11.1. The summed E-state index contributed by atoms with van der Waals surface area (Å²) in [5, 5.41) is 11.9. The van der Waals surface area contributed by atoms with Crippen LogP contribution in [-0.4, -0.2) is 37.6 Å². The Bertz CT molecular complexity index is 1370. The standard InChI is InChI=1S/C24H21N7OS/c1-17-21(23(30-13-12-25-16-30)31(29-17)19-6-4-3-5-7-19)14-26-28-24-27-22(15-33-24)18-8-10-20(32-2)11-9-18/h3-16H,1-2H3,(H,27,28)/b26-14+. The topological polar surface area (TPSA) is 82.1 Å². The lowest BCUT2D eigenvalue weighted by atomic mass is 10.2. The van der Waals surface area contributed by atoms with Crippen LogP contribution in [0, 0.1) is 6.92 Å². The van der Waals surface area contributed by atoms with Crippen LogP contribution in [0.2, 0.25) is 0 Å². The second-order valence-electron chi connectivity index (χ2n) is 7.18. The highest BCUT2D eigenvalue weighted by Gasteiger charge is 2.17. The zero-order chi connectivity index (χ0) is 22.6. The number of imidazole rings is 1. The number of hydrogen-bond acceptors (Lipinski definition) is 7. The Balaban J connectivity index is 1.41. The number of rotatable bonds is 7. The molecule has 0 bridgehead atoms. The Morgan fingerprint density at radius 3 is 2.64 bits per heavy atom. The zero-order valence-electron chi connectivity index (χ0n) is 18.1. The molecule has 0 radical (unpaired) electrons. The summed E-state index contributed by atoms with van der Waals surface area (Å²) >= 11 is 1.49. The van der Waals surface area contributed by atoms with Crippen molar-refractivity contribution in [2.45, 2.75) is 6.92 Å². The van der Waals surface area contributed by atoms with E-state index in [2.05, 4.69) is 20.5 Å². The van der Waals surface area contributed by atoms with Crippen LogP contribution >= 0.6 is 11.3 Å². The monoisotopic (exact) mass is 455 g/mol. The molecule has 3 aromatic heterocycles. The number of nitrogens with one attached hydrogen (secondary N) is 1. The lowest BCUT2D eigenvalue weighted by molar-refractivity contribution is 0.415. The van der Waals surface area contributed by atoms with Crippen molar-refractivity contribution in [3.05, 3.63) is 90.0 Å². The first kappa shape index (κ1) is 20.7. The van der Waals surface area contributed by atoms with E-state index in [1.165, 1.54) is 11.3 Å². The van der Waals surface area contributed by atoms with Gasteiger partial charge in [-0.3, -0.25) is 9.99 Å². The van der Waals surface area contributed by atoms with Crippen molar-refractivity contribution < 1.29 is 4.74 Å². The summed E-state index contributed by atoms with van der Waals surface area (Å²) in [6, 6.07) is 17.8. The Hall–Kier alpha value is -4.24. The van der Waals surface area contributed by atoms with E-state index in [0.717, 1.165) is 39.8 Å². The predicted octanol–water partition coefficient (Wildman–Crippen LogP) is 4.94. The van der Waals surface area contributed by atoms with Crippen molar-refractivity contribution in [1.29, 1.82) is 0 Å². The van der Waals surface area contributed by atoms with Crippen LogP contribution in [0.4, 0.5) is 5.13 Å². The van der Waals surface area contributed by atoms with Gasteiger partial charge in [-0.1, -0.05) is 18.2 Å². The van der Waals surface area contributed by atoms with E-state index in [-0.39, 0.29) is 0 Å². The number of hydrogen-bond donors (Lipinski definition) is 1. The number of para-hydroxylation sites is 1. The Morgan fingerprint density at radius 1 is 1.09 bits per heavy atom. The lowest BCUT2D eigenvalue weighted by Gasteiger charge is -2.08. The summed E-state index contributed by atoms with van der Waals surface area (Å²) in [6.07, 6.45) is 7.16. The number of anilines is 1. The summed E-state index contributed by atoms with van der Waals surface area (Å²) in [4.78, 5) is 8.83. The second kappa shape index (κ2) is 9.09.